The molecule has 0 aliphatic rings. The van der Waals surface area contributed by atoms with Crippen LogP contribution in [0.4, 0.5) is 5.69 Å². The van der Waals surface area contributed by atoms with E-state index in [0.29, 0.717) is 5.69 Å². The molecule has 1 aromatic carbocycles. The number of sulfone groups is 1. The summed E-state index contributed by atoms with van der Waals surface area (Å²) in [6.07, 6.45) is 0. The van der Waals surface area contributed by atoms with E-state index in [0.717, 1.165) is 4.47 Å². The van der Waals surface area contributed by atoms with Crippen molar-refractivity contribution in [3.8, 4) is 0 Å². The van der Waals surface area contributed by atoms with Crippen LogP contribution in [0.25, 0.3) is 0 Å². The molecule has 0 radical (unpaired) electrons. The summed E-state index contributed by atoms with van der Waals surface area (Å²) in [7, 11) is -2.98. The lowest BCUT2D eigenvalue weighted by molar-refractivity contribution is -0.115. The molecule has 0 atom stereocenters. The molecule has 0 aromatic heterocycles. The Hall–Kier alpha value is -0.920. The van der Waals surface area contributed by atoms with Crippen molar-refractivity contribution in [3.05, 3.63) is 28.7 Å². The monoisotopic (exact) mass is 348 g/mol. The lowest BCUT2D eigenvalue weighted by Gasteiger charge is -2.07. The quantitative estimate of drug-likeness (QED) is 0.730. The first kappa shape index (κ1) is 16.1. The molecule has 1 amide bonds. The zero-order valence-corrected chi connectivity index (χ0v) is 13.1. The van der Waals surface area contributed by atoms with Crippen molar-refractivity contribution in [2.75, 3.05) is 29.9 Å². The highest BCUT2D eigenvalue weighted by Crippen LogP contribution is 2.13. The van der Waals surface area contributed by atoms with Crippen LogP contribution < -0.4 is 10.6 Å². The molecule has 1 aromatic rings. The van der Waals surface area contributed by atoms with Gasteiger partial charge in [0.15, 0.2) is 9.84 Å². The van der Waals surface area contributed by atoms with E-state index in [1.54, 1.807) is 19.1 Å². The minimum absolute atomic E-state index is 0.0507. The Morgan fingerprint density at radius 2 is 1.89 bits per heavy atom. The second-order valence-corrected chi connectivity index (χ2v) is 7.36. The van der Waals surface area contributed by atoms with Gasteiger partial charge in [0.1, 0.15) is 0 Å². The average Bonchev–Trinajstić information content (AvgIpc) is 2.38. The maximum Gasteiger partial charge on any atom is 0.238 e. The Bertz CT molecular complexity index is 514. The maximum absolute atomic E-state index is 11.6. The summed E-state index contributed by atoms with van der Waals surface area (Å²) < 4.78 is 23.4. The molecule has 0 saturated heterocycles. The number of nitrogens with one attached hydrogen (secondary N) is 2. The number of benzene rings is 1. The van der Waals surface area contributed by atoms with Crippen molar-refractivity contribution in [2.45, 2.75) is 6.92 Å². The van der Waals surface area contributed by atoms with E-state index in [9.17, 15) is 13.2 Å². The third-order valence-corrected chi connectivity index (χ3v) is 4.68. The van der Waals surface area contributed by atoms with Crippen LogP contribution in [0.15, 0.2) is 28.7 Å². The van der Waals surface area contributed by atoms with Crippen molar-refractivity contribution in [1.29, 1.82) is 0 Å². The van der Waals surface area contributed by atoms with Gasteiger partial charge in [0.2, 0.25) is 5.91 Å². The number of amides is 1. The third-order valence-electron chi connectivity index (χ3n) is 2.44. The smallest absolute Gasteiger partial charge is 0.238 e. The fraction of sp³-hybridized carbons (Fsp3) is 0.417. The van der Waals surface area contributed by atoms with Gasteiger partial charge in [-0.3, -0.25) is 4.79 Å². The number of carbonyl (C=O) groups excluding carboxylic acids is 1. The molecule has 106 valence electrons. The van der Waals surface area contributed by atoms with Gasteiger partial charge in [0.25, 0.3) is 0 Å². The number of hydrogen-bond acceptors (Lipinski definition) is 4. The van der Waals surface area contributed by atoms with Crippen LogP contribution >= 0.6 is 15.9 Å². The Labute approximate surface area is 121 Å². The summed E-state index contributed by atoms with van der Waals surface area (Å²) in [4.78, 5) is 11.6. The zero-order valence-electron chi connectivity index (χ0n) is 10.6. The summed E-state index contributed by atoms with van der Waals surface area (Å²) in [6.45, 7) is 1.98. The maximum atomic E-state index is 11.6. The molecule has 0 aliphatic heterocycles. The summed E-state index contributed by atoms with van der Waals surface area (Å²) in [6, 6.07) is 7.22. The molecule has 5 nitrogen and oxygen atoms in total. The van der Waals surface area contributed by atoms with Crippen molar-refractivity contribution in [2.24, 2.45) is 0 Å². The third kappa shape index (κ3) is 6.70. The van der Waals surface area contributed by atoms with Crippen molar-refractivity contribution in [1.82, 2.24) is 5.32 Å². The average molecular weight is 349 g/mol. The SMILES string of the molecule is CCS(=O)(=O)CCNCC(=O)Nc1ccc(Br)cc1. The predicted octanol–water partition coefficient (Wildman–Crippen LogP) is 1.41. The standard InChI is InChI=1S/C12H17BrN2O3S/c1-2-19(17,18)8-7-14-9-12(16)15-11-5-3-10(13)4-6-11/h3-6,14H,2,7-9H2,1H3,(H,15,16). The van der Waals surface area contributed by atoms with Crippen molar-refractivity contribution in [3.63, 3.8) is 0 Å². The summed E-state index contributed by atoms with van der Waals surface area (Å²) in [5.74, 6) is -0.0225. The molecule has 0 unspecified atom stereocenters. The molecule has 19 heavy (non-hydrogen) atoms. The topological polar surface area (TPSA) is 75.3 Å². The molecular weight excluding hydrogens is 332 g/mol. The minimum atomic E-state index is -2.98. The van der Waals surface area contributed by atoms with Crippen molar-refractivity contribution < 1.29 is 13.2 Å². The van der Waals surface area contributed by atoms with Crippen LogP contribution in [0, 0.1) is 0 Å². The second-order valence-electron chi connectivity index (χ2n) is 3.97. The van der Waals surface area contributed by atoms with Crippen LogP contribution in [0.3, 0.4) is 0 Å². The molecule has 0 heterocycles. The fourth-order valence-electron chi connectivity index (χ4n) is 1.31. The van der Waals surface area contributed by atoms with Crippen LogP contribution in [0.1, 0.15) is 6.92 Å². The van der Waals surface area contributed by atoms with Gasteiger partial charge in [-0.25, -0.2) is 8.42 Å². The molecule has 0 spiro atoms. The molecule has 0 saturated carbocycles. The molecule has 7 heteroatoms. The lowest BCUT2D eigenvalue weighted by atomic mass is 10.3. The molecule has 0 bridgehead atoms. The van der Waals surface area contributed by atoms with Gasteiger partial charge in [-0.1, -0.05) is 22.9 Å². The molecule has 0 aliphatic carbocycles. The second kappa shape index (κ2) is 7.62. The first-order valence-electron chi connectivity index (χ1n) is 5.89. The number of carbonyl (C=O) groups is 1. The first-order chi connectivity index (χ1) is 8.93. The van der Waals surface area contributed by atoms with Gasteiger partial charge in [-0.2, -0.15) is 0 Å². The Balaban J connectivity index is 2.27. The Morgan fingerprint density at radius 3 is 2.47 bits per heavy atom. The van der Waals surface area contributed by atoms with Crippen molar-refractivity contribution >= 4 is 37.4 Å². The lowest BCUT2D eigenvalue weighted by Crippen LogP contribution is -2.31. The fourth-order valence-corrected chi connectivity index (χ4v) is 2.32. The highest BCUT2D eigenvalue weighted by Gasteiger charge is 2.07. The zero-order chi connectivity index (χ0) is 14.3. The van der Waals surface area contributed by atoms with Crippen LogP contribution in [-0.2, 0) is 14.6 Å². The van der Waals surface area contributed by atoms with Crippen LogP contribution in [-0.4, -0.2) is 38.9 Å². The molecular formula is C12H17BrN2O3S. The number of rotatable bonds is 7. The summed E-state index contributed by atoms with van der Waals surface area (Å²) in [5, 5.41) is 5.52. The first-order valence-corrected chi connectivity index (χ1v) is 8.51. The predicted molar refractivity (Wildman–Crippen MR) is 80.0 cm³/mol. The molecule has 2 N–H and O–H groups in total. The molecule has 0 fully saturated rings. The number of hydrogen-bond donors (Lipinski definition) is 2. The van der Waals surface area contributed by atoms with Gasteiger partial charge < -0.3 is 10.6 Å². The minimum Gasteiger partial charge on any atom is -0.325 e. The van der Waals surface area contributed by atoms with Gasteiger partial charge in [0, 0.05) is 22.5 Å². The van der Waals surface area contributed by atoms with E-state index >= 15 is 0 Å². The number of anilines is 1. The number of halogens is 1. The van der Waals surface area contributed by atoms with E-state index in [1.807, 2.05) is 12.1 Å². The van der Waals surface area contributed by atoms with Crippen LogP contribution in [0.2, 0.25) is 0 Å². The largest absolute Gasteiger partial charge is 0.325 e. The summed E-state index contributed by atoms with van der Waals surface area (Å²) >= 11 is 3.31. The Morgan fingerprint density at radius 1 is 1.26 bits per heavy atom. The highest BCUT2D eigenvalue weighted by atomic mass is 79.9. The van der Waals surface area contributed by atoms with Gasteiger partial charge in [0.05, 0.1) is 12.3 Å². The van der Waals surface area contributed by atoms with E-state index < -0.39 is 9.84 Å². The molecule has 1 rings (SSSR count). The van der Waals surface area contributed by atoms with Gasteiger partial charge >= 0.3 is 0 Å². The van der Waals surface area contributed by atoms with Gasteiger partial charge in [-0.15, -0.1) is 0 Å². The highest BCUT2D eigenvalue weighted by molar-refractivity contribution is 9.10. The van der Waals surface area contributed by atoms with E-state index in [1.165, 1.54) is 0 Å². The normalized spacial score (nSPS) is 11.3. The van der Waals surface area contributed by atoms with E-state index in [-0.39, 0.29) is 30.5 Å². The van der Waals surface area contributed by atoms with E-state index in [2.05, 4.69) is 26.6 Å². The Kier molecular flexibility index (Phi) is 6.47. The van der Waals surface area contributed by atoms with Gasteiger partial charge in [-0.05, 0) is 24.3 Å². The van der Waals surface area contributed by atoms with Crippen LogP contribution in [0.5, 0.6) is 0 Å². The van der Waals surface area contributed by atoms with E-state index in [4.69, 9.17) is 0 Å². The summed E-state index contributed by atoms with van der Waals surface area (Å²) in [5.41, 5.74) is 0.705.